The van der Waals surface area contributed by atoms with Crippen LogP contribution in [0, 0.1) is 6.92 Å². The summed E-state index contributed by atoms with van der Waals surface area (Å²) < 4.78 is 43.6. The molecule has 10 heteroatoms. The fraction of sp³-hybridized carbons (Fsp3) is 0.143. The van der Waals surface area contributed by atoms with Crippen LogP contribution in [0.4, 0.5) is 0 Å². The van der Waals surface area contributed by atoms with Gasteiger partial charge in [-0.15, -0.1) is 0 Å². The Kier molecular flexibility index (Phi) is 6.54. The van der Waals surface area contributed by atoms with Crippen molar-refractivity contribution in [1.29, 1.82) is 0 Å². The largest absolute Gasteiger partial charge is 0.466 e. The quantitative estimate of drug-likeness (QED) is 0.337. The molecule has 3 aromatic rings. The van der Waals surface area contributed by atoms with Gasteiger partial charge in [-0.2, -0.15) is 3.71 Å². The second-order valence-corrected chi connectivity index (χ2v) is 11.8. The lowest BCUT2D eigenvalue weighted by Gasteiger charge is -2.34. The monoisotopic (exact) mass is 549 g/mol. The van der Waals surface area contributed by atoms with Gasteiger partial charge in [0.15, 0.2) is 5.70 Å². The molecule has 0 aliphatic carbocycles. The number of carbonyl (C=O) groups is 2. The van der Waals surface area contributed by atoms with Crippen LogP contribution in [-0.4, -0.2) is 38.3 Å². The molecule has 2 aliphatic heterocycles. The second kappa shape index (κ2) is 9.70. The normalized spacial score (nSPS) is 18.5. The molecule has 0 amide bonds. The predicted molar refractivity (Wildman–Crippen MR) is 142 cm³/mol. The maximum Gasteiger partial charge on any atom is 0.357 e. The van der Waals surface area contributed by atoms with E-state index >= 15 is 0 Å². The number of para-hydroxylation sites is 1. The molecule has 1 spiro atoms. The van der Waals surface area contributed by atoms with Crippen LogP contribution in [0.1, 0.15) is 16.7 Å². The number of rotatable bonds is 5. The SMILES string of the molecule is COC(=O)C1=C(C(=O)OC)C2(C=C(c3ccccc3)Oc3ccccc32)SN1S(=O)(=O)c1ccc(C)cc1. The van der Waals surface area contributed by atoms with Crippen LogP contribution in [0.2, 0.25) is 0 Å². The summed E-state index contributed by atoms with van der Waals surface area (Å²) in [7, 11) is -2.04. The minimum Gasteiger partial charge on any atom is -0.466 e. The molecular formula is C28H23NO7S2. The molecule has 0 N–H and O–H groups in total. The summed E-state index contributed by atoms with van der Waals surface area (Å²) in [6.07, 6.45) is 1.65. The Bertz CT molecular complexity index is 1600. The highest BCUT2D eigenvalue weighted by Gasteiger charge is 2.58. The van der Waals surface area contributed by atoms with E-state index in [1.807, 2.05) is 37.3 Å². The van der Waals surface area contributed by atoms with Gasteiger partial charge in [-0.25, -0.2) is 18.0 Å². The first-order valence-electron chi connectivity index (χ1n) is 11.5. The first-order valence-corrected chi connectivity index (χ1v) is 13.7. The van der Waals surface area contributed by atoms with Crippen LogP contribution in [0.25, 0.3) is 5.76 Å². The van der Waals surface area contributed by atoms with Crippen molar-refractivity contribution in [2.45, 2.75) is 16.6 Å². The van der Waals surface area contributed by atoms with Gasteiger partial charge >= 0.3 is 11.9 Å². The molecule has 8 nitrogen and oxygen atoms in total. The molecule has 0 saturated heterocycles. The summed E-state index contributed by atoms with van der Waals surface area (Å²) in [5, 5.41) is 0. The number of fused-ring (bicyclic) bond motifs is 2. The van der Waals surface area contributed by atoms with Gasteiger partial charge in [0.2, 0.25) is 0 Å². The van der Waals surface area contributed by atoms with Crippen molar-refractivity contribution in [1.82, 2.24) is 3.71 Å². The smallest absolute Gasteiger partial charge is 0.357 e. The maximum absolute atomic E-state index is 14.0. The Morgan fingerprint density at radius 1 is 0.868 bits per heavy atom. The molecule has 0 aromatic heterocycles. The number of aryl methyl sites for hydroxylation is 1. The number of benzene rings is 3. The topological polar surface area (TPSA) is 99.2 Å². The fourth-order valence-electron chi connectivity index (χ4n) is 4.39. The zero-order chi connectivity index (χ0) is 27.1. The minimum absolute atomic E-state index is 0.0501. The van der Waals surface area contributed by atoms with E-state index in [2.05, 4.69) is 0 Å². The van der Waals surface area contributed by atoms with E-state index in [0.717, 1.165) is 28.3 Å². The van der Waals surface area contributed by atoms with E-state index in [-0.39, 0.29) is 10.5 Å². The lowest BCUT2D eigenvalue weighted by atomic mass is 9.85. The Morgan fingerprint density at radius 3 is 2.16 bits per heavy atom. The zero-order valence-corrected chi connectivity index (χ0v) is 22.3. The van der Waals surface area contributed by atoms with Gasteiger partial charge in [0, 0.05) is 11.1 Å². The molecule has 0 fully saturated rings. The summed E-state index contributed by atoms with van der Waals surface area (Å²) in [5.41, 5.74) is 1.42. The summed E-state index contributed by atoms with van der Waals surface area (Å²) >= 11 is 0.798. The molecular weight excluding hydrogens is 526 g/mol. The van der Waals surface area contributed by atoms with Gasteiger partial charge in [0.25, 0.3) is 10.0 Å². The Morgan fingerprint density at radius 2 is 1.50 bits per heavy atom. The average Bonchev–Trinajstić information content (AvgIpc) is 3.29. The summed E-state index contributed by atoms with van der Waals surface area (Å²) in [4.78, 5) is 26.6. The minimum atomic E-state index is -4.33. The van der Waals surface area contributed by atoms with Crippen molar-refractivity contribution >= 4 is 39.7 Å². The highest BCUT2D eigenvalue weighted by molar-refractivity contribution is 8.09. The Balaban J connectivity index is 1.83. The van der Waals surface area contributed by atoms with Gasteiger partial charge in [-0.3, -0.25) is 0 Å². The lowest BCUT2D eigenvalue weighted by Crippen LogP contribution is -2.30. The third-order valence-corrected chi connectivity index (χ3v) is 9.70. The van der Waals surface area contributed by atoms with Crippen molar-refractivity contribution in [3.8, 4) is 5.75 Å². The van der Waals surface area contributed by atoms with E-state index in [0.29, 0.717) is 22.6 Å². The van der Waals surface area contributed by atoms with E-state index in [9.17, 15) is 18.0 Å². The molecule has 1 atom stereocenters. The molecule has 5 rings (SSSR count). The van der Waals surface area contributed by atoms with Gasteiger partial charge < -0.3 is 14.2 Å². The number of esters is 2. The number of carbonyl (C=O) groups excluding carboxylic acids is 2. The van der Waals surface area contributed by atoms with Crippen LogP contribution in [0.15, 0.2) is 101 Å². The highest BCUT2D eigenvalue weighted by Crippen LogP contribution is 2.60. The van der Waals surface area contributed by atoms with Crippen molar-refractivity contribution in [3.05, 3.63) is 113 Å². The van der Waals surface area contributed by atoms with Gasteiger partial charge in [-0.05, 0) is 43.1 Å². The number of sulfonamides is 1. The summed E-state index contributed by atoms with van der Waals surface area (Å²) in [5.74, 6) is -1.08. The molecule has 38 heavy (non-hydrogen) atoms. The molecule has 2 heterocycles. The van der Waals surface area contributed by atoms with Crippen LogP contribution in [0.3, 0.4) is 0 Å². The van der Waals surface area contributed by atoms with E-state index in [4.69, 9.17) is 14.2 Å². The van der Waals surface area contributed by atoms with Crippen LogP contribution >= 0.6 is 11.9 Å². The number of methoxy groups -OCH3 is 2. The summed E-state index contributed by atoms with van der Waals surface area (Å²) in [6, 6.07) is 22.3. The first-order chi connectivity index (χ1) is 18.2. The third kappa shape index (κ3) is 4.06. The van der Waals surface area contributed by atoms with Gasteiger partial charge in [0.05, 0.1) is 24.7 Å². The van der Waals surface area contributed by atoms with E-state index in [1.54, 1.807) is 42.5 Å². The van der Waals surface area contributed by atoms with Gasteiger partial charge in [-0.1, -0.05) is 66.2 Å². The molecule has 0 saturated carbocycles. The number of ether oxygens (including phenoxy) is 3. The van der Waals surface area contributed by atoms with Crippen molar-refractivity contribution in [2.75, 3.05) is 14.2 Å². The van der Waals surface area contributed by atoms with Crippen LogP contribution < -0.4 is 4.74 Å². The average molecular weight is 550 g/mol. The van der Waals surface area contributed by atoms with E-state index < -0.39 is 32.4 Å². The van der Waals surface area contributed by atoms with Gasteiger partial charge in [0.1, 0.15) is 16.3 Å². The Labute approximate surface area is 224 Å². The first kappa shape index (κ1) is 25.6. The van der Waals surface area contributed by atoms with Crippen LogP contribution in [-0.2, 0) is 33.8 Å². The predicted octanol–water partition coefficient (Wildman–Crippen LogP) is 4.58. The van der Waals surface area contributed by atoms with Crippen LogP contribution in [0.5, 0.6) is 5.75 Å². The van der Waals surface area contributed by atoms with Crippen molar-refractivity contribution < 1.29 is 32.2 Å². The number of hydrogen-bond acceptors (Lipinski definition) is 8. The molecule has 3 aromatic carbocycles. The third-order valence-electron chi connectivity index (χ3n) is 6.22. The molecule has 0 radical (unpaired) electrons. The van der Waals surface area contributed by atoms with Crippen molar-refractivity contribution in [3.63, 3.8) is 0 Å². The fourth-order valence-corrected chi connectivity index (χ4v) is 7.69. The number of hydrogen-bond donors (Lipinski definition) is 0. The zero-order valence-electron chi connectivity index (χ0n) is 20.7. The maximum atomic E-state index is 14.0. The molecule has 1 unspecified atom stereocenters. The Hall–Kier alpha value is -4.02. The van der Waals surface area contributed by atoms with Crippen molar-refractivity contribution in [2.24, 2.45) is 0 Å². The molecule has 0 bridgehead atoms. The standard InChI is InChI=1S/C28H23NO7S2/c1-18-13-15-20(16-14-18)38(32,33)29-25(27(31)35-3)24(26(30)34-2)28(37-29)17-23(19-9-5-4-6-10-19)36-22-12-8-7-11-21(22)28/h4-17H,1-3H3. The molecule has 194 valence electrons. The highest BCUT2D eigenvalue weighted by atomic mass is 32.3. The van der Waals surface area contributed by atoms with E-state index in [1.165, 1.54) is 19.2 Å². The second-order valence-electron chi connectivity index (χ2n) is 8.55. The lowest BCUT2D eigenvalue weighted by molar-refractivity contribution is -0.140. The number of nitrogens with zero attached hydrogens (tertiary/aromatic N) is 1. The molecule has 2 aliphatic rings. The summed E-state index contributed by atoms with van der Waals surface area (Å²) in [6.45, 7) is 1.83.